The number of aliphatic hydroxyl groups is 1. The van der Waals surface area contributed by atoms with Gasteiger partial charge in [-0.3, -0.25) is 5.10 Å². The number of aromatic amines is 1. The number of benzene rings is 3. The lowest BCUT2D eigenvalue weighted by atomic mass is 9.94. The number of aromatic nitrogens is 2. The van der Waals surface area contributed by atoms with Gasteiger partial charge in [0.25, 0.3) is 0 Å². The van der Waals surface area contributed by atoms with Crippen molar-refractivity contribution in [3.05, 3.63) is 83.0 Å². The van der Waals surface area contributed by atoms with Crippen LogP contribution in [0.25, 0.3) is 34.2 Å². The maximum absolute atomic E-state index is 10.6. The van der Waals surface area contributed by atoms with Crippen LogP contribution in [0.2, 0.25) is 0 Å². The Labute approximate surface area is 170 Å². The molecule has 0 fully saturated rings. The lowest BCUT2D eigenvalue weighted by Gasteiger charge is -2.12. The van der Waals surface area contributed by atoms with E-state index in [-0.39, 0.29) is 6.61 Å². The fourth-order valence-electron chi connectivity index (χ4n) is 3.61. The molecule has 146 valence electrons. The van der Waals surface area contributed by atoms with E-state index in [1.54, 1.807) is 0 Å². The number of phenolic OH excluding ortho intramolecular Hbond substituents is 1. The average molecular weight is 384 g/mol. The third kappa shape index (κ3) is 3.93. The Morgan fingerprint density at radius 2 is 1.83 bits per heavy atom. The van der Waals surface area contributed by atoms with Crippen molar-refractivity contribution in [1.29, 1.82) is 0 Å². The van der Waals surface area contributed by atoms with Gasteiger partial charge in [0.15, 0.2) is 0 Å². The van der Waals surface area contributed by atoms with Crippen molar-refractivity contribution in [2.75, 3.05) is 6.61 Å². The summed E-state index contributed by atoms with van der Waals surface area (Å²) in [7, 11) is 0. The Morgan fingerprint density at radius 3 is 2.62 bits per heavy atom. The molecule has 4 aromatic rings. The maximum atomic E-state index is 10.6. The fraction of sp³-hybridized carbons (Fsp3) is 0.160. The van der Waals surface area contributed by atoms with Crippen LogP contribution in [0.5, 0.6) is 5.75 Å². The smallest absolute Gasteiger partial charge is 0.122 e. The molecule has 0 bridgehead atoms. The minimum Gasteiger partial charge on any atom is -0.507 e. The van der Waals surface area contributed by atoms with Crippen molar-refractivity contribution >= 4 is 23.1 Å². The monoisotopic (exact) mass is 384 g/mol. The molecule has 3 aromatic carbocycles. The molecule has 0 aliphatic heterocycles. The van der Waals surface area contributed by atoms with Gasteiger partial charge in [-0.1, -0.05) is 54.6 Å². The normalized spacial score (nSPS) is 11.5. The quantitative estimate of drug-likeness (QED) is 0.420. The van der Waals surface area contributed by atoms with Gasteiger partial charge in [-0.05, 0) is 65.8 Å². The SMILES string of the molecule is Cc1c(-c2ccc3[nH]nc(C=Cc4ccccc4)c3c2)ccc(CCCO)c1O. The van der Waals surface area contributed by atoms with Crippen molar-refractivity contribution in [1.82, 2.24) is 10.2 Å². The molecule has 0 radical (unpaired) electrons. The number of aryl methyl sites for hydroxylation is 1. The molecule has 0 amide bonds. The van der Waals surface area contributed by atoms with E-state index in [4.69, 9.17) is 5.11 Å². The Bertz CT molecular complexity index is 1160. The van der Waals surface area contributed by atoms with Gasteiger partial charge in [0.2, 0.25) is 0 Å². The van der Waals surface area contributed by atoms with Gasteiger partial charge < -0.3 is 10.2 Å². The lowest BCUT2D eigenvalue weighted by molar-refractivity contribution is 0.288. The largest absolute Gasteiger partial charge is 0.507 e. The van der Waals surface area contributed by atoms with Gasteiger partial charge in [0.05, 0.1) is 11.2 Å². The molecule has 0 aliphatic carbocycles. The summed E-state index contributed by atoms with van der Waals surface area (Å²) in [6, 6.07) is 20.3. The topological polar surface area (TPSA) is 69.1 Å². The van der Waals surface area contributed by atoms with E-state index in [0.29, 0.717) is 18.6 Å². The van der Waals surface area contributed by atoms with Gasteiger partial charge in [-0.25, -0.2) is 0 Å². The van der Waals surface area contributed by atoms with Crippen LogP contribution in [0.15, 0.2) is 60.7 Å². The summed E-state index contributed by atoms with van der Waals surface area (Å²) >= 11 is 0. The van der Waals surface area contributed by atoms with E-state index in [0.717, 1.165) is 44.4 Å². The predicted molar refractivity (Wildman–Crippen MR) is 119 cm³/mol. The second-order valence-electron chi connectivity index (χ2n) is 7.19. The molecule has 29 heavy (non-hydrogen) atoms. The highest BCUT2D eigenvalue weighted by atomic mass is 16.3. The Kier molecular flexibility index (Phi) is 5.45. The number of hydrogen-bond donors (Lipinski definition) is 3. The number of aliphatic hydroxyl groups excluding tert-OH is 1. The standard InChI is InChI=1S/C25H24N2O2/c1-17-21(12-10-19(25(17)29)8-5-15-28)20-11-14-24-22(16-20)23(26-27-24)13-9-18-6-3-2-4-7-18/h2-4,6-7,9-14,16,28-29H,5,8,15H2,1H3,(H,26,27). The van der Waals surface area contributed by atoms with Crippen molar-refractivity contribution < 1.29 is 10.2 Å². The molecular formula is C25H24N2O2. The van der Waals surface area contributed by atoms with Gasteiger partial charge in [-0.15, -0.1) is 0 Å². The first-order valence-corrected chi connectivity index (χ1v) is 9.81. The molecule has 0 atom stereocenters. The van der Waals surface area contributed by atoms with Crippen molar-refractivity contribution in [2.24, 2.45) is 0 Å². The first kappa shape index (κ1) is 19.0. The highest BCUT2D eigenvalue weighted by Crippen LogP contribution is 2.34. The van der Waals surface area contributed by atoms with Gasteiger partial charge in [0.1, 0.15) is 5.75 Å². The molecule has 3 N–H and O–H groups in total. The van der Waals surface area contributed by atoms with Crippen LogP contribution in [-0.2, 0) is 6.42 Å². The Balaban J connectivity index is 1.71. The summed E-state index contributed by atoms with van der Waals surface area (Å²) in [6.45, 7) is 2.06. The lowest BCUT2D eigenvalue weighted by Crippen LogP contribution is -1.93. The minimum absolute atomic E-state index is 0.122. The number of fused-ring (bicyclic) bond motifs is 1. The Hall–Kier alpha value is -3.37. The molecule has 1 heterocycles. The number of hydrogen-bond acceptors (Lipinski definition) is 3. The second-order valence-corrected chi connectivity index (χ2v) is 7.19. The summed E-state index contributed by atoms with van der Waals surface area (Å²) in [5.41, 5.74) is 6.74. The summed E-state index contributed by atoms with van der Waals surface area (Å²) in [4.78, 5) is 0. The molecule has 0 saturated carbocycles. The molecule has 1 aromatic heterocycles. The number of rotatable bonds is 6. The minimum atomic E-state index is 0.122. The fourth-order valence-corrected chi connectivity index (χ4v) is 3.61. The summed E-state index contributed by atoms with van der Waals surface area (Å²) in [5.74, 6) is 0.312. The van der Waals surface area contributed by atoms with Gasteiger partial charge in [0, 0.05) is 12.0 Å². The van der Waals surface area contributed by atoms with E-state index in [1.807, 2.05) is 55.5 Å². The molecule has 4 heteroatoms. The van der Waals surface area contributed by atoms with Crippen molar-refractivity contribution in [2.45, 2.75) is 19.8 Å². The summed E-state index contributed by atoms with van der Waals surface area (Å²) < 4.78 is 0. The first-order valence-electron chi connectivity index (χ1n) is 9.81. The van der Waals surface area contributed by atoms with Crippen molar-refractivity contribution in [3.63, 3.8) is 0 Å². The zero-order valence-corrected chi connectivity index (χ0v) is 16.4. The van der Waals surface area contributed by atoms with Crippen LogP contribution in [-0.4, -0.2) is 27.0 Å². The van der Waals surface area contributed by atoms with E-state index in [2.05, 4.69) is 34.5 Å². The number of nitrogens with one attached hydrogen (secondary N) is 1. The second kappa shape index (κ2) is 8.33. The molecular weight excluding hydrogens is 360 g/mol. The van der Waals surface area contributed by atoms with Crippen LogP contribution in [0.4, 0.5) is 0 Å². The van der Waals surface area contributed by atoms with Crippen LogP contribution in [0.1, 0.15) is 28.8 Å². The molecule has 4 rings (SSSR count). The molecule has 0 saturated heterocycles. The number of H-pyrrole nitrogens is 1. The van der Waals surface area contributed by atoms with E-state index in [1.165, 1.54) is 0 Å². The molecule has 0 unspecified atom stereocenters. The number of aromatic hydroxyl groups is 1. The van der Waals surface area contributed by atoms with E-state index < -0.39 is 0 Å². The average Bonchev–Trinajstić information content (AvgIpc) is 3.16. The van der Waals surface area contributed by atoms with E-state index in [9.17, 15) is 5.11 Å². The maximum Gasteiger partial charge on any atom is 0.122 e. The first-order chi connectivity index (χ1) is 14.2. The molecule has 4 nitrogen and oxygen atoms in total. The van der Waals surface area contributed by atoms with E-state index >= 15 is 0 Å². The zero-order valence-electron chi connectivity index (χ0n) is 16.4. The van der Waals surface area contributed by atoms with Crippen LogP contribution in [0.3, 0.4) is 0 Å². The molecule has 0 aliphatic rings. The summed E-state index contributed by atoms with van der Waals surface area (Å²) in [5, 5.41) is 28.2. The highest BCUT2D eigenvalue weighted by Gasteiger charge is 2.12. The highest BCUT2D eigenvalue weighted by molar-refractivity contribution is 5.93. The zero-order chi connectivity index (χ0) is 20.2. The van der Waals surface area contributed by atoms with Crippen LogP contribution in [0, 0.1) is 6.92 Å². The third-order valence-corrected chi connectivity index (χ3v) is 5.26. The van der Waals surface area contributed by atoms with Crippen molar-refractivity contribution in [3.8, 4) is 16.9 Å². The van der Waals surface area contributed by atoms with Gasteiger partial charge in [-0.2, -0.15) is 5.10 Å². The number of nitrogens with zero attached hydrogens (tertiary/aromatic N) is 1. The number of phenols is 1. The van der Waals surface area contributed by atoms with Crippen LogP contribution >= 0.6 is 0 Å². The third-order valence-electron chi connectivity index (χ3n) is 5.26. The Morgan fingerprint density at radius 1 is 1.00 bits per heavy atom. The predicted octanol–water partition coefficient (Wildman–Crippen LogP) is 5.34. The van der Waals surface area contributed by atoms with Crippen LogP contribution < -0.4 is 0 Å². The van der Waals surface area contributed by atoms with Gasteiger partial charge >= 0.3 is 0 Å². The summed E-state index contributed by atoms with van der Waals surface area (Å²) in [6.07, 6.45) is 5.37. The molecule has 0 spiro atoms.